The van der Waals surface area contributed by atoms with Gasteiger partial charge in [0.2, 0.25) is 5.95 Å². The van der Waals surface area contributed by atoms with Crippen molar-refractivity contribution in [1.29, 1.82) is 0 Å². The SMILES string of the molecule is Cn1cc(CNc2ncc(C(F)(F)F)[nH]2)c(-c2ccc3c(c2)OCCCO3)n1. The van der Waals surface area contributed by atoms with E-state index in [2.05, 4.69) is 20.4 Å². The van der Waals surface area contributed by atoms with Crippen molar-refractivity contribution in [3.8, 4) is 22.8 Å². The molecule has 1 aliphatic rings. The van der Waals surface area contributed by atoms with Crippen molar-refractivity contribution in [1.82, 2.24) is 19.7 Å². The van der Waals surface area contributed by atoms with Crippen LogP contribution in [0.5, 0.6) is 11.5 Å². The molecule has 148 valence electrons. The largest absolute Gasteiger partial charge is 0.490 e. The van der Waals surface area contributed by atoms with E-state index in [0.717, 1.165) is 23.7 Å². The van der Waals surface area contributed by atoms with E-state index in [-0.39, 0.29) is 12.5 Å². The summed E-state index contributed by atoms with van der Waals surface area (Å²) in [7, 11) is 1.78. The minimum atomic E-state index is -4.46. The summed E-state index contributed by atoms with van der Waals surface area (Å²) in [5, 5.41) is 7.35. The Morgan fingerprint density at radius 3 is 2.75 bits per heavy atom. The zero-order chi connectivity index (χ0) is 19.7. The molecule has 10 heteroatoms. The van der Waals surface area contributed by atoms with Crippen LogP contribution in [0.3, 0.4) is 0 Å². The van der Waals surface area contributed by atoms with Crippen LogP contribution in [0.2, 0.25) is 0 Å². The quantitative estimate of drug-likeness (QED) is 0.708. The first kappa shape index (κ1) is 18.2. The maximum atomic E-state index is 12.7. The van der Waals surface area contributed by atoms with Crippen LogP contribution in [0, 0.1) is 0 Å². The highest BCUT2D eigenvalue weighted by Crippen LogP contribution is 2.35. The Labute approximate surface area is 158 Å². The van der Waals surface area contributed by atoms with E-state index < -0.39 is 11.9 Å². The van der Waals surface area contributed by atoms with Gasteiger partial charge in [-0.3, -0.25) is 4.68 Å². The Morgan fingerprint density at radius 2 is 2.00 bits per heavy atom. The van der Waals surface area contributed by atoms with E-state index >= 15 is 0 Å². The molecule has 2 aromatic heterocycles. The molecule has 0 saturated carbocycles. The maximum Gasteiger partial charge on any atom is 0.432 e. The summed E-state index contributed by atoms with van der Waals surface area (Å²) in [5.41, 5.74) is 1.44. The number of ether oxygens (including phenoxy) is 2. The molecule has 0 radical (unpaired) electrons. The van der Waals surface area contributed by atoms with Crippen LogP contribution in [0.4, 0.5) is 19.1 Å². The molecule has 0 saturated heterocycles. The number of hydrogen-bond acceptors (Lipinski definition) is 5. The van der Waals surface area contributed by atoms with Gasteiger partial charge in [-0.05, 0) is 18.2 Å². The van der Waals surface area contributed by atoms with Gasteiger partial charge in [0.05, 0.1) is 25.1 Å². The lowest BCUT2D eigenvalue weighted by atomic mass is 10.1. The van der Waals surface area contributed by atoms with Crippen LogP contribution in [0.25, 0.3) is 11.3 Å². The highest BCUT2D eigenvalue weighted by atomic mass is 19.4. The molecular weight excluding hydrogens is 375 g/mol. The smallest absolute Gasteiger partial charge is 0.432 e. The van der Waals surface area contributed by atoms with E-state index in [0.29, 0.717) is 30.4 Å². The van der Waals surface area contributed by atoms with Crippen molar-refractivity contribution in [2.75, 3.05) is 18.5 Å². The van der Waals surface area contributed by atoms with E-state index in [1.807, 2.05) is 18.2 Å². The first-order valence-corrected chi connectivity index (χ1v) is 8.69. The lowest BCUT2D eigenvalue weighted by Gasteiger charge is -2.09. The molecule has 0 unspecified atom stereocenters. The number of H-pyrrole nitrogens is 1. The summed E-state index contributed by atoms with van der Waals surface area (Å²) in [6.07, 6.45) is -1.09. The zero-order valence-electron chi connectivity index (χ0n) is 15.0. The number of fused-ring (bicyclic) bond motifs is 1. The number of aromatic amines is 1. The molecule has 3 aromatic rings. The van der Waals surface area contributed by atoms with E-state index in [1.54, 1.807) is 17.9 Å². The van der Waals surface area contributed by atoms with Gasteiger partial charge in [0.25, 0.3) is 0 Å². The second-order valence-electron chi connectivity index (χ2n) is 6.39. The van der Waals surface area contributed by atoms with Gasteiger partial charge in [-0.2, -0.15) is 18.3 Å². The molecule has 0 bridgehead atoms. The predicted octanol–water partition coefficient (Wildman–Crippen LogP) is 3.60. The number of aryl methyl sites for hydroxylation is 1. The molecule has 0 atom stereocenters. The van der Waals surface area contributed by atoms with Crippen LogP contribution in [-0.4, -0.2) is 33.0 Å². The highest BCUT2D eigenvalue weighted by Gasteiger charge is 2.33. The van der Waals surface area contributed by atoms with Crippen molar-refractivity contribution < 1.29 is 22.6 Å². The third-order valence-corrected chi connectivity index (χ3v) is 4.25. The Morgan fingerprint density at radius 1 is 1.21 bits per heavy atom. The minimum Gasteiger partial charge on any atom is -0.490 e. The molecule has 0 amide bonds. The van der Waals surface area contributed by atoms with Crippen molar-refractivity contribution in [2.45, 2.75) is 19.1 Å². The lowest BCUT2D eigenvalue weighted by Crippen LogP contribution is -2.06. The van der Waals surface area contributed by atoms with Gasteiger partial charge in [-0.25, -0.2) is 4.98 Å². The normalized spacial score (nSPS) is 14.0. The Hall–Kier alpha value is -3.17. The second kappa shape index (κ2) is 7.10. The molecule has 7 nitrogen and oxygen atoms in total. The van der Waals surface area contributed by atoms with Gasteiger partial charge >= 0.3 is 6.18 Å². The molecule has 2 N–H and O–H groups in total. The summed E-state index contributed by atoms with van der Waals surface area (Å²) >= 11 is 0. The first-order chi connectivity index (χ1) is 13.4. The van der Waals surface area contributed by atoms with Gasteiger partial charge in [0, 0.05) is 37.3 Å². The van der Waals surface area contributed by atoms with Gasteiger partial charge in [0.1, 0.15) is 5.69 Å². The molecular formula is C18H18F3N5O2. The van der Waals surface area contributed by atoms with E-state index in [9.17, 15) is 13.2 Å². The number of benzene rings is 1. The molecule has 3 heterocycles. The Balaban J connectivity index is 1.56. The Bertz CT molecular complexity index is 980. The molecule has 0 fully saturated rings. The summed E-state index contributed by atoms with van der Waals surface area (Å²) < 4.78 is 51.1. The summed E-state index contributed by atoms with van der Waals surface area (Å²) in [6, 6.07) is 5.58. The first-order valence-electron chi connectivity index (χ1n) is 8.69. The van der Waals surface area contributed by atoms with Gasteiger partial charge < -0.3 is 19.8 Å². The Kier molecular flexibility index (Phi) is 4.62. The second-order valence-corrected chi connectivity index (χ2v) is 6.39. The van der Waals surface area contributed by atoms with Crippen LogP contribution in [-0.2, 0) is 19.8 Å². The maximum absolute atomic E-state index is 12.7. The average molecular weight is 393 g/mol. The van der Waals surface area contributed by atoms with Gasteiger partial charge in [-0.1, -0.05) is 0 Å². The van der Waals surface area contributed by atoms with Crippen molar-refractivity contribution in [2.24, 2.45) is 7.05 Å². The average Bonchev–Trinajstić information content (AvgIpc) is 3.20. The predicted molar refractivity (Wildman–Crippen MR) is 95.2 cm³/mol. The number of hydrogen-bond donors (Lipinski definition) is 2. The number of rotatable bonds is 4. The number of nitrogens with zero attached hydrogens (tertiary/aromatic N) is 3. The fourth-order valence-corrected chi connectivity index (χ4v) is 2.95. The zero-order valence-corrected chi connectivity index (χ0v) is 15.0. The number of aromatic nitrogens is 4. The summed E-state index contributed by atoms with van der Waals surface area (Å²) in [6.45, 7) is 1.43. The monoisotopic (exact) mass is 393 g/mol. The molecule has 1 aromatic carbocycles. The van der Waals surface area contributed by atoms with Crippen LogP contribution in [0.1, 0.15) is 17.7 Å². The molecule has 0 aliphatic carbocycles. The van der Waals surface area contributed by atoms with Gasteiger partial charge in [-0.15, -0.1) is 0 Å². The van der Waals surface area contributed by atoms with Gasteiger partial charge in [0.15, 0.2) is 11.5 Å². The number of halogens is 3. The van der Waals surface area contributed by atoms with E-state index in [1.165, 1.54) is 0 Å². The molecule has 1 aliphatic heterocycles. The molecule has 0 spiro atoms. The third-order valence-electron chi connectivity index (χ3n) is 4.25. The summed E-state index contributed by atoms with van der Waals surface area (Å²) in [4.78, 5) is 5.95. The topological polar surface area (TPSA) is 77.0 Å². The van der Waals surface area contributed by atoms with Crippen molar-refractivity contribution in [3.05, 3.63) is 41.9 Å². The number of anilines is 1. The standard InChI is InChI=1S/C18H18F3N5O2/c1-26-10-12(8-22-17-23-9-15(24-17)18(19,20)21)16(25-26)11-3-4-13-14(7-11)28-6-2-5-27-13/h3-4,7,9-10H,2,5-6,8H2,1H3,(H2,22,23,24). The van der Waals surface area contributed by atoms with Crippen LogP contribution < -0.4 is 14.8 Å². The fraction of sp³-hybridized carbons (Fsp3) is 0.333. The molecule has 28 heavy (non-hydrogen) atoms. The number of alkyl halides is 3. The third kappa shape index (κ3) is 3.75. The summed E-state index contributed by atoms with van der Waals surface area (Å²) in [5.74, 6) is 1.38. The minimum absolute atomic E-state index is 0.0424. The van der Waals surface area contributed by atoms with E-state index in [4.69, 9.17) is 9.47 Å². The van der Waals surface area contributed by atoms with Crippen LogP contribution >= 0.6 is 0 Å². The highest BCUT2D eigenvalue weighted by molar-refractivity contribution is 5.67. The lowest BCUT2D eigenvalue weighted by molar-refractivity contribution is -0.140. The number of imidazole rings is 1. The van der Waals surface area contributed by atoms with Crippen molar-refractivity contribution >= 4 is 5.95 Å². The fourth-order valence-electron chi connectivity index (χ4n) is 2.95. The molecule has 4 rings (SSSR count). The van der Waals surface area contributed by atoms with Crippen molar-refractivity contribution in [3.63, 3.8) is 0 Å². The number of nitrogens with one attached hydrogen (secondary N) is 2. The van der Waals surface area contributed by atoms with Crippen LogP contribution in [0.15, 0.2) is 30.6 Å².